The number of carbonyl (C=O) groups is 1. The first-order chi connectivity index (χ1) is 7.38. The largest absolute Gasteiger partial charge is 0.298 e. The van der Waals surface area contributed by atoms with Gasteiger partial charge in [-0.25, -0.2) is 0 Å². The lowest BCUT2D eigenvalue weighted by atomic mass is 9.33. The standard InChI is InChI=1S/C15H22O/c1-13(2)5-4-11(7-16)12(6-13)15-8-14(3,9-15)10-15/h7H,4-6,8-10H2,1-3H3. The van der Waals surface area contributed by atoms with Crippen molar-refractivity contribution in [3.8, 4) is 0 Å². The van der Waals surface area contributed by atoms with Crippen LogP contribution in [0.3, 0.4) is 0 Å². The smallest absolute Gasteiger partial charge is 0.145 e. The van der Waals surface area contributed by atoms with Crippen LogP contribution in [0.4, 0.5) is 0 Å². The monoisotopic (exact) mass is 218 g/mol. The van der Waals surface area contributed by atoms with Gasteiger partial charge in [0.05, 0.1) is 0 Å². The third-order valence-electron chi connectivity index (χ3n) is 5.19. The molecule has 0 aliphatic heterocycles. The summed E-state index contributed by atoms with van der Waals surface area (Å²) >= 11 is 0. The summed E-state index contributed by atoms with van der Waals surface area (Å²) in [6.07, 6.45) is 8.56. The second-order valence-electron chi connectivity index (χ2n) is 7.58. The van der Waals surface area contributed by atoms with Crippen molar-refractivity contribution in [2.75, 3.05) is 0 Å². The molecule has 3 fully saturated rings. The summed E-state index contributed by atoms with van der Waals surface area (Å²) in [5.41, 5.74) is 4.23. The summed E-state index contributed by atoms with van der Waals surface area (Å²) in [5.74, 6) is 0. The zero-order valence-corrected chi connectivity index (χ0v) is 10.7. The molecular formula is C15H22O. The van der Waals surface area contributed by atoms with Crippen molar-refractivity contribution in [2.24, 2.45) is 16.2 Å². The minimum absolute atomic E-state index is 0.415. The summed E-state index contributed by atoms with van der Waals surface area (Å²) in [6, 6.07) is 0. The first kappa shape index (κ1) is 10.6. The van der Waals surface area contributed by atoms with Gasteiger partial charge < -0.3 is 0 Å². The van der Waals surface area contributed by atoms with Crippen molar-refractivity contribution in [2.45, 2.75) is 59.3 Å². The van der Waals surface area contributed by atoms with E-state index in [1.165, 1.54) is 25.7 Å². The highest BCUT2D eigenvalue weighted by Gasteiger charge is 2.66. The van der Waals surface area contributed by atoms with Crippen LogP contribution in [0.25, 0.3) is 0 Å². The van der Waals surface area contributed by atoms with Crippen molar-refractivity contribution in [1.82, 2.24) is 0 Å². The van der Waals surface area contributed by atoms with Gasteiger partial charge in [-0.15, -0.1) is 0 Å². The van der Waals surface area contributed by atoms with Crippen LogP contribution in [0.2, 0.25) is 0 Å². The zero-order valence-electron chi connectivity index (χ0n) is 10.7. The van der Waals surface area contributed by atoms with E-state index in [2.05, 4.69) is 20.8 Å². The zero-order chi connectivity index (χ0) is 11.6. The maximum Gasteiger partial charge on any atom is 0.145 e. The summed E-state index contributed by atoms with van der Waals surface area (Å²) < 4.78 is 0. The van der Waals surface area contributed by atoms with Gasteiger partial charge in [-0.05, 0) is 60.3 Å². The highest BCUT2D eigenvalue weighted by Crippen LogP contribution is 2.77. The van der Waals surface area contributed by atoms with Crippen LogP contribution in [0.15, 0.2) is 11.1 Å². The minimum Gasteiger partial charge on any atom is -0.298 e. The highest BCUT2D eigenvalue weighted by atomic mass is 16.1. The van der Waals surface area contributed by atoms with Gasteiger partial charge in [0, 0.05) is 0 Å². The topological polar surface area (TPSA) is 17.1 Å². The molecule has 88 valence electrons. The van der Waals surface area contributed by atoms with Gasteiger partial charge >= 0.3 is 0 Å². The molecule has 0 amide bonds. The maximum absolute atomic E-state index is 11.2. The Kier molecular flexibility index (Phi) is 1.85. The molecule has 0 radical (unpaired) electrons. The Bertz CT molecular complexity index is 366. The molecule has 16 heavy (non-hydrogen) atoms. The van der Waals surface area contributed by atoms with Gasteiger partial charge in [0.25, 0.3) is 0 Å². The van der Waals surface area contributed by atoms with E-state index in [1.807, 2.05) is 0 Å². The van der Waals surface area contributed by atoms with E-state index in [1.54, 1.807) is 5.57 Å². The number of hydrogen-bond acceptors (Lipinski definition) is 1. The molecule has 0 N–H and O–H groups in total. The molecular weight excluding hydrogens is 196 g/mol. The Morgan fingerprint density at radius 1 is 1.12 bits per heavy atom. The molecule has 0 atom stereocenters. The molecule has 0 aromatic carbocycles. The lowest BCUT2D eigenvalue weighted by molar-refractivity contribution is -0.167. The van der Waals surface area contributed by atoms with E-state index in [9.17, 15) is 4.79 Å². The molecule has 0 spiro atoms. The van der Waals surface area contributed by atoms with E-state index < -0.39 is 0 Å². The third-order valence-corrected chi connectivity index (χ3v) is 5.19. The molecule has 4 rings (SSSR count). The molecule has 0 aromatic rings. The molecule has 0 aromatic heterocycles. The first-order valence-electron chi connectivity index (χ1n) is 6.56. The molecule has 0 saturated heterocycles. The lowest BCUT2D eigenvalue weighted by Crippen LogP contribution is -2.61. The first-order valence-corrected chi connectivity index (χ1v) is 6.56. The summed E-state index contributed by atoms with van der Waals surface area (Å²) in [6.45, 7) is 7.09. The van der Waals surface area contributed by atoms with Crippen molar-refractivity contribution >= 4 is 6.29 Å². The summed E-state index contributed by atoms with van der Waals surface area (Å²) in [5, 5.41) is 0. The molecule has 0 heterocycles. The lowest BCUT2D eigenvalue weighted by Gasteiger charge is -2.72. The molecule has 0 unspecified atom stereocenters. The van der Waals surface area contributed by atoms with Crippen LogP contribution >= 0.6 is 0 Å². The van der Waals surface area contributed by atoms with E-state index in [-0.39, 0.29) is 0 Å². The van der Waals surface area contributed by atoms with Gasteiger partial charge in [0.2, 0.25) is 0 Å². The van der Waals surface area contributed by atoms with Crippen molar-refractivity contribution in [3.63, 3.8) is 0 Å². The third kappa shape index (κ3) is 1.26. The van der Waals surface area contributed by atoms with Crippen LogP contribution in [0.5, 0.6) is 0 Å². The van der Waals surface area contributed by atoms with Crippen LogP contribution < -0.4 is 0 Å². The quantitative estimate of drug-likeness (QED) is 0.643. The Morgan fingerprint density at radius 3 is 2.25 bits per heavy atom. The Morgan fingerprint density at radius 2 is 1.75 bits per heavy atom. The van der Waals surface area contributed by atoms with Crippen molar-refractivity contribution < 1.29 is 4.79 Å². The normalized spacial score (nSPS) is 44.7. The average Bonchev–Trinajstić information content (AvgIpc) is 2.10. The predicted molar refractivity (Wildman–Crippen MR) is 65.1 cm³/mol. The summed E-state index contributed by atoms with van der Waals surface area (Å²) in [4.78, 5) is 11.2. The Hall–Kier alpha value is -0.590. The van der Waals surface area contributed by atoms with Gasteiger partial charge in [-0.1, -0.05) is 26.3 Å². The molecule has 3 saturated carbocycles. The number of rotatable bonds is 2. The molecule has 4 aliphatic rings. The fourth-order valence-corrected chi connectivity index (χ4v) is 4.58. The average molecular weight is 218 g/mol. The van der Waals surface area contributed by atoms with Crippen LogP contribution in [0, 0.1) is 16.2 Å². The van der Waals surface area contributed by atoms with Gasteiger partial charge in [-0.3, -0.25) is 4.79 Å². The van der Waals surface area contributed by atoms with E-state index in [0.29, 0.717) is 16.2 Å². The van der Waals surface area contributed by atoms with Gasteiger partial charge in [0.15, 0.2) is 0 Å². The van der Waals surface area contributed by atoms with E-state index in [4.69, 9.17) is 0 Å². The predicted octanol–water partition coefficient (Wildman–Crippen LogP) is 3.88. The van der Waals surface area contributed by atoms with Gasteiger partial charge in [0.1, 0.15) is 6.29 Å². The minimum atomic E-state index is 0.415. The molecule has 1 nitrogen and oxygen atoms in total. The Labute approximate surface area is 98.3 Å². The van der Waals surface area contributed by atoms with Crippen LogP contribution in [-0.2, 0) is 4.79 Å². The van der Waals surface area contributed by atoms with E-state index in [0.717, 1.165) is 24.7 Å². The molecule has 2 bridgehead atoms. The highest BCUT2D eigenvalue weighted by molar-refractivity contribution is 5.76. The number of carbonyl (C=O) groups excluding carboxylic acids is 1. The Balaban J connectivity index is 1.91. The van der Waals surface area contributed by atoms with Gasteiger partial charge in [-0.2, -0.15) is 0 Å². The van der Waals surface area contributed by atoms with E-state index >= 15 is 0 Å². The SMILES string of the molecule is CC1(C)CCC(C=O)=C(C23CC(C)(C2)C3)C1. The van der Waals surface area contributed by atoms with Crippen molar-refractivity contribution in [1.29, 1.82) is 0 Å². The van der Waals surface area contributed by atoms with Crippen LogP contribution in [-0.4, -0.2) is 6.29 Å². The molecule has 1 heteroatoms. The number of hydrogen-bond donors (Lipinski definition) is 0. The van der Waals surface area contributed by atoms with Crippen LogP contribution in [0.1, 0.15) is 59.3 Å². The number of allylic oxidation sites excluding steroid dienone is 2. The fourth-order valence-electron chi connectivity index (χ4n) is 4.58. The maximum atomic E-state index is 11.2. The summed E-state index contributed by atoms with van der Waals surface area (Å²) in [7, 11) is 0. The number of aldehydes is 1. The second kappa shape index (κ2) is 2.80. The fraction of sp³-hybridized carbons (Fsp3) is 0.800. The van der Waals surface area contributed by atoms with Crippen molar-refractivity contribution in [3.05, 3.63) is 11.1 Å². The second-order valence-corrected chi connectivity index (χ2v) is 7.58. The molecule has 4 aliphatic carbocycles.